The Kier molecular flexibility index (Phi) is 5.59. The fourth-order valence-corrected chi connectivity index (χ4v) is 2.11. The molecule has 0 amide bonds. The molecular weight excluding hydrogens is 325 g/mol. The molecular formula is C13H13F3O5S. The first kappa shape index (κ1) is 18.0. The van der Waals surface area contributed by atoms with Crippen LogP contribution in [0.1, 0.15) is 24.3 Å². The number of hydrogen-bond acceptors (Lipinski definition) is 4. The molecule has 1 rings (SSSR count). The maximum absolute atomic E-state index is 12.2. The third-order valence-electron chi connectivity index (χ3n) is 2.73. The van der Waals surface area contributed by atoms with E-state index >= 15 is 0 Å². The van der Waals surface area contributed by atoms with E-state index in [1.54, 1.807) is 6.08 Å². The lowest BCUT2D eigenvalue weighted by Crippen LogP contribution is -2.28. The van der Waals surface area contributed by atoms with Crippen LogP contribution in [0.3, 0.4) is 0 Å². The minimum atomic E-state index is -5.74. The van der Waals surface area contributed by atoms with Crippen LogP contribution < -0.4 is 4.18 Å². The number of benzene rings is 1. The molecule has 1 aromatic carbocycles. The van der Waals surface area contributed by atoms with Gasteiger partial charge >= 0.3 is 21.6 Å². The van der Waals surface area contributed by atoms with E-state index in [0.717, 1.165) is 12.1 Å². The Bertz CT molecular complexity index is 635. The summed E-state index contributed by atoms with van der Waals surface area (Å²) in [5.41, 5.74) is -5.20. The van der Waals surface area contributed by atoms with E-state index in [1.807, 2.05) is 0 Å². The van der Waals surface area contributed by atoms with Crippen LogP contribution >= 0.6 is 0 Å². The van der Waals surface area contributed by atoms with Crippen LogP contribution in [0.5, 0.6) is 5.75 Å². The van der Waals surface area contributed by atoms with Crippen LogP contribution in [0.15, 0.2) is 36.9 Å². The van der Waals surface area contributed by atoms with Crippen LogP contribution in [0, 0.1) is 0 Å². The molecule has 0 bridgehead atoms. The van der Waals surface area contributed by atoms with E-state index in [2.05, 4.69) is 10.8 Å². The number of alkyl halides is 3. The highest BCUT2D eigenvalue weighted by atomic mass is 32.2. The second-order valence-electron chi connectivity index (χ2n) is 4.31. The minimum absolute atomic E-state index is 0.264. The number of rotatable bonds is 7. The highest BCUT2D eigenvalue weighted by Gasteiger charge is 2.48. The smallest absolute Gasteiger partial charge is 0.481 e. The number of carboxylic acid groups (broad SMARTS) is 1. The summed E-state index contributed by atoms with van der Waals surface area (Å²) >= 11 is 0. The first-order chi connectivity index (χ1) is 10.1. The van der Waals surface area contributed by atoms with Gasteiger partial charge in [-0.25, -0.2) is 0 Å². The average molecular weight is 338 g/mol. The number of aliphatic carboxylic acids is 1. The van der Waals surface area contributed by atoms with Gasteiger partial charge in [-0.1, -0.05) is 18.2 Å². The van der Waals surface area contributed by atoms with Crippen molar-refractivity contribution in [3.05, 3.63) is 42.5 Å². The van der Waals surface area contributed by atoms with Crippen molar-refractivity contribution in [1.82, 2.24) is 0 Å². The molecule has 1 N–H and O–H groups in total. The molecule has 0 radical (unpaired) electrons. The molecule has 0 fully saturated rings. The molecule has 0 aliphatic rings. The van der Waals surface area contributed by atoms with E-state index in [-0.39, 0.29) is 6.42 Å². The Morgan fingerprint density at radius 1 is 1.32 bits per heavy atom. The van der Waals surface area contributed by atoms with Gasteiger partial charge in [0.2, 0.25) is 0 Å². The molecule has 0 aliphatic carbocycles. The Balaban J connectivity index is 2.95. The highest BCUT2D eigenvalue weighted by molar-refractivity contribution is 7.87. The van der Waals surface area contributed by atoms with Gasteiger partial charge in [-0.3, -0.25) is 4.79 Å². The fourth-order valence-electron chi connectivity index (χ4n) is 1.65. The Morgan fingerprint density at radius 3 is 2.27 bits per heavy atom. The van der Waals surface area contributed by atoms with Crippen LogP contribution in [0.25, 0.3) is 0 Å². The lowest BCUT2D eigenvalue weighted by molar-refractivity contribution is -0.138. The zero-order valence-corrected chi connectivity index (χ0v) is 12.0. The van der Waals surface area contributed by atoms with E-state index < -0.39 is 33.3 Å². The predicted octanol–water partition coefficient (Wildman–Crippen LogP) is 3.05. The van der Waals surface area contributed by atoms with Gasteiger partial charge in [-0.2, -0.15) is 21.6 Å². The molecule has 0 heterocycles. The number of hydrogen-bond donors (Lipinski definition) is 1. The molecule has 1 unspecified atom stereocenters. The first-order valence-electron chi connectivity index (χ1n) is 6.03. The van der Waals surface area contributed by atoms with Gasteiger partial charge in [0, 0.05) is 0 Å². The SMILES string of the molecule is C=CCCC(C(=O)O)c1ccc(OS(=O)(=O)C(F)(F)F)cc1. The summed E-state index contributed by atoms with van der Waals surface area (Å²) in [6, 6.07) is 4.37. The van der Waals surface area contributed by atoms with Crippen molar-refractivity contribution in [2.75, 3.05) is 0 Å². The zero-order chi connectivity index (χ0) is 17.0. The van der Waals surface area contributed by atoms with Crippen LogP contribution in [-0.2, 0) is 14.9 Å². The van der Waals surface area contributed by atoms with Crippen molar-refractivity contribution in [2.24, 2.45) is 0 Å². The standard InChI is InChI=1S/C13H13F3O5S/c1-2-3-4-11(12(17)18)9-5-7-10(8-6-9)21-22(19,20)13(14,15)16/h2,5-8,11H,1,3-4H2,(H,17,18). The topological polar surface area (TPSA) is 80.7 Å². The van der Waals surface area contributed by atoms with Gasteiger partial charge in [0.25, 0.3) is 0 Å². The van der Waals surface area contributed by atoms with Gasteiger partial charge in [0.1, 0.15) is 5.75 Å². The summed E-state index contributed by atoms with van der Waals surface area (Å²) in [6.45, 7) is 3.48. The summed E-state index contributed by atoms with van der Waals surface area (Å²) in [4.78, 5) is 11.1. The van der Waals surface area contributed by atoms with E-state index in [0.29, 0.717) is 12.0 Å². The number of carboxylic acids is 1. The largest absolute Gasteiger partial charge is 0.534 e. The zero-order valence-electron chi connectivity index (χ0n) is 11.2. The predicted molar refractivity (Wildman–Crippen MR) is 71.9 cm³/mol. The molecule has 0 saturated carbocycles. The van der Waals surface area contributed by atoms with Crippen molar-refractivity contribution < 1.29 is 35.7 Å². The second kappa shape index (κ2) is 6.82. The molecule has 0 aliphatic heterocycles. The lowest BCUT2D eigenvalue weighted by atomic mass is 9.94. The van der Waals surface area contributed by atoms with Crippen molar-refractivity contribution in [3.63, 3.8) is 0 Å². The summed E-state index contributed by atoms with van der Waals surface area (Å²) in [6.07, 6.45) is 2.25. The molecule has 122 valence electrons. The van der Waals surface area contributed by atoms with Gasteiger partial charge in [-0.15, -0.1) is 6.58 Å². The highest BCUT2D eigenvalue weighted by Crippen LogP contribution is 2.29. The molecule has 1 atom stereocenters. The van der Waals surface area contributed by atoms with Gasteiger partial charge < -0.3 is 9.29 Å². The van der Waals surface area contributed by atoms with Crippen LogP contribution in [0.4, 0.5) is 13.2 Å². The maximum Gasteiger partial charge on any atom is 0.534 e. The van der Waals surface area contributed by atoms with Gasteiger partial charge in [-0.05, 0) is 30.5 Å². The van der Waals surface area contributed by atoms with Crippen molar-refractivity contribution >= 4 is 16.1 Å². The van der Waals surface area contributed by atoms with Crippen molar-refractivity contribution in [2.45, 2.75) is 24.3 Å². The monoisotopic (exact) mass is 338 g/mol. The van der Waals surface area contributed by atoms with Gasteiger partial charge in [0.15, 0.2) is 0 Å². The van der Waals surface area contributed by atoms with E-state index in [9.17, 15) is 26.4 Å². The third-order valence-corrected chi connectivity index (χ3v) is 3.71. The Hall–Kier alpha value is -2.03. The second-order valence-corrected chi connectivity index (χ2v) is 5.85. The molecule has 0 saturated heterocycles. The third kappa shape index (κ3) is 4.48. The van der Waals surface area contributed by atoms with Gasteiger partial charge in [0.05, 0.1) is 5.92 Å². The number of carbonyl (C=O) groups is 1. The molecule has 1 aromatic rings. The molecule has 22 heavy (non-hydrogen) atoms. The normalized spacial score (nSPS) is 13.4. The summed E-state index contributed by atoms with van der Waals surface area (Å²) in [5, 5.41) is 9.11. The first-order valence-corrected chi connectivity index (χ1v) is 7.43. The number of halogens is 3. The molecule has 0 aromatic heterocycles. The Morgan fingerprint density at radius 2 is 1.86 bits per heavy atom. The molecule has 0 spiro atoms. The summed E-state index contributed by atoms with van der Waals surface area (Å²) < 4.78 is 62.1. The fraction of sp³-hybridized carbons (Fsp3) is 0.308. The molecule has 9 heteroatoms. The van der Waals surface area contributed by atoms with Crippen LogP contribution in [0.2, 0.25) is 0 Å². The van der Waals surface area contributed by atoms with Crippen molar-refractivity contribution in [1.29, 1.82) is 0 Å². The average Bonchev–Trinajstić information content (AvgIpc) is 2.39. The van der Waals surface area contributed by atoms with Crippen molar-refractivity contribution in [3.8, 4) is 5.75 Å². The van der Waals surface area contributed by atoms with E-state index in [1.165, 1.54) is 12.1 Å². The minimum Gasteiger partial charge on any atom is -0.481 e. The summed E-state index contributed by atoms with van der Waals surface area (Å²) in [5.74, 6) is -2.52. The maximum atomic E-state index is 12.2. The molecule has 5 nitrogen and oxygen atoms in total. The lowest BCUT2D eigenvalue weighted by Gasteiger charge is -2.13. The quantitative estimate of drug-likeness (QED) is 0.469. The number of allylic oxidation sites excluding steroid dienone is 1. The Labute approximate surface area is 125 Å². The summed E-state index contributed by atoms with van der Waals surface area (Å²) in [7, 11) is -5.74. The van der Waals surface area contributed by atoms with Crippen LogP contribution in [-0.4, -0.2) is 25.0 Å². The van der Waals surface area contributed by atoms with E-state index in [4.69, 9.17) is 5.11 Å².